The Bertz CT molecular complexity index is 1680. The molecule has 0 unspecified atom stereocenters. The Balaban J connectivity index is 1.38. The largest absolute Gasteiger partial charge is 0.334 e. The molecular formula is C29H22I2N6O2S. The summed E-state index contributed by atoms with van der Waals surface area (Å²) in [5, 5.41) is 11.8. The number of anilines is 5. The van der Waals surface area contributed by atoms with Crippen LogP contribution < -0.4 is 20.9 Å². The van der Waals surface area contributed by atoms with Gasteiger partial charge < -0.3 is 16.0 Å². The highest BCUT2D eigenvalue weighted by molar-refractivity contribution is 14.1. The van der Waals surface area contributed by atoms with E-state index < -0.39 is 12.1 Å². The third-order valence-electron chi connectivity index (χ3n) is 5.81. The standard InChI is InChI=1S/C29H22I2N6O2S/c1-18-12-13-20(15-24(18)34-27-35-25(17-40-27)19-7-6-14-32-16-19)33-28(38)37(26-11-5-3-9-22(26)31)29(39)36-23-10-4-2-8-21(23)30/h2-17H,1H3,(H,33,38)(H,34,35)(H,36,39). The molecule has 0 spiro atoms. The molecular weight excluding hydrogens is 750 g/mol. The lowest BCUT2D eigenvalue weighted by molar-refractivity contribution is 0.246. The first kappa shape index (κ1) is 28.0. The third-order valence-corrected chi connectivity index (χ3v) is 8.42. The highest BCUT2D eigenvalue weighted by atomic mass is 127. The van der Waals surface area contributed by atoms with Crippen molar-refractivity contribution in [2.24, 2.45) is 0 Å². The van der Waals surface area contributed by atoms with Gasteiger partial charge in [0.05, 0.1) is 17.1 Å². The lowest BCUT2D eigenvalue weighted by Crippen LogP contribution is -2.43. The molecule has 2 heterocycles. The average molecular weight is 772 g/mol. The average Bonchev–Trinajstić information content (AvgIpc) is 3.42. The van der Waals surface area contributed by atoms with Gasteiger partial charge in [0, 0.05) is 41.9 Å². The number of para-hydroxylation sites is 2. The first-order valence-corrected chi connectivity index (χ1v) is 15.1. The number of carbonyl (C=O) groups is 2. The van der Waals surface area contributed by atoms with Crippen LogP contribution in [-0.2, 0) is 0 Å². The molecule has 0 aliphatic heterocycles. The van der Waals surface area contributed by atoms with Crippen molar-refractivity contribution in [2.75, 3.05) is 20.9 Å². The van der Waals surface area contributed by atoms with Crippen molar-refractivity contribution in [3.8, 4) is 11.3 Å². The number of urea groups is 2. The molecule has 0 saturated heterocycles. The molecule has 5 aromatic rings. The summed E-state index contributed by atoms with van der Waals surface area (Å²) >= 11 is 5.74. The quantitative estimate of drug-likeness (QED) is 0.150. The van der Waals surface area contributed by atoms with Crippen LogP contribution in [0.25, 0.3) is 11.3 Å². The van der Waals surface area contributed by atoms with E-state index in [4.69, 9.17) is 0 Å². The summed E-state index contributed by atoms with van der Waals surface area (Å²) < 4.78 is 1.62. The van der Waals surface area contributed by atoms with E-state index in [2.05, 4.69) is 71.1 Å². The number of hydrogen-bond acceptors (Lipinski definition) is 6. The van der Waals surface area contributed by atoms with Crippen LogP contribution in [-0.4, -0.2) is 22.0 Å². The van der Waals surface area contributed by atoms with Gasteiger partial charge in [0.2, 0.25) is 0 Å². The second-order valence-corrected chi connectivity index (χ2v) is 11.7. The maximum absolute atomic E-state index is 13.6. The van der Waals surface area contributed by atoms with E-state index in [1.807, 2.05) is 66.9 Å². The molecule has 8 nitrogen and oxygen atoms in total. The van der Waals surface area contributed by atoms with Crippen LogP contribution in [0.3, 0.4) is 0 Å². The number of hydrogen-bond donors (Lipinski definition) is 3. The van der Waals surface area contributed by atoms with Crippen LogP contribution in [0, 0.1) is 14.1 Å². The zero-order valence-corrected chi connectivity index (χ0v) is 26.2. The molecule has 3 N–H and O–H groups in total. The van der Waals surface area contributed by atoms with Crippen molar-refractivity contribution in [3.05, 3.63) is 109 Å². The second kappa shape index (κ2) is 12.7. The van der Waals surface area contributed by atoms with Crippen molar-refractivity contribution in [2.45, 2.75) is 6.92 Å². The van der Waals surface area contributed by atoms with E-state index in [0.29, 0.717) is 22.2 Å². The number of rotatable bonds is 6. The number of aryl methyl sites for hydroxylation is 1. The number of thiazole rings is 1. The van der Waals surface area contributed by atoms with Crippen molar-refractivity contribution in [3.63, 3.8) is 0 Å². The van der Waals surface area contributed by atoms with Crippen molar-refractivity contribution in [1.29, 1.82) is 0 Å². The maximum Gasteiger partial charge on any atom is 0.334 e. The summed E-state index contributed by atoms with van der Waals surface area (Å²) in [7, 11) is 0. The number of benzene rings is 3. The lowest BCUT2D eigenvalue weighted by Gasteiger charge is -2.23. The molecule has 5 rings (SSSR count). The van der Waals surface area contributed by atoms with Crippen LogP contribution in [0.5, 0.6) is 0 Å². The molecule has 4 amide bonds. The van der Waals surface area contributed by atoms with Gasteiger partial charge in [-0.15, -0.1) is 11.3 Å². The Kier molecular flexibility index (Phi) is 8.91. The predicted molar refractivity (Wildman–Crippen MR) is 179 cm³/mol. The van der Waals surface area contributed by atoms with Gasteiger partial charge in [-0.2, -0.15) is 0 Å². The Morgan fingerprint density at radius 3 is 2.35 bits per heavy atom. The third kappa shape index (κ3) is 6.59. The molecule has 0 atom stereocenters. The minimum atomic E-state index is -0.588. The van der Waals surface area contributed by atoms with Gasteiger partial charge in [0.25, 0.3) is 0 Å². The zero-order valence-electron chi connectivity index (χ0n) is 21.1. The number of carbonyl (C=O) groups excluding carboxylic acids is 2. The number of imide groups is 1. The summed E-state index contributed by atoms with van der Waals surface area (Å²) in [5.74, 6) is 0. The van der Waals surface area contributed by atoms with Gasteiger partial charge in [0.15, 0.2) is 5.13 Å². The molecule has 0 aliphatic carbocycles. The normalized spacial score (nSPS) is 10.6. The molecule has 11 heteroatoms. The first-order valence-electron chi connectivity index (χ1n) is 12.0. The molecule has 3 aromatic carbocycles. The molecule has 0 fully saturated rings. The van der Waals surface area contributed by atoms with Crippen LogP contribution in [0.2, 0.25) is 0 Å². The number of pyridine rings is 1. The minimum absolute atomic E-state index is 0.472. The molecule has 0 radical (unpaired) electrons. The molecule has 0 bridgehead atoms. The van der Waals surface area contributed by atoms with Crippen molar-refractivity contribution < 1.29 is 9.59 Å². The monoisotopic (exact) mass is 772 g/mol. The van der Waals surface area contributed by atoms with E-state index in [9.17, 15) is 9.59 Å². The molecule has 40 heavy (non-hydrogen) atoms. The fraction of sp³-hybridized carbons (Fsp3) is 0.0345. The van der Waals surface area contributed by atoms with Crippen LogP contribution >= 0.6 is 56.5 Å². The number of aromatic nitrogens is 2. The van der Waals surface area contributed by atoms with Gasteiger partial charge in [-0.05, 0) is 106 Å². The molecule has 0 aliphatic rings. The van der Waals surface area contributed by atoms with Gasteiger partial charge in [0.1, 0.15) is 0 Å². The smallest absolute Gasteiger partial charge is 0.331 e. The summed E-state index contributed by atoms with van der Waals surface area (Å²) in [6.07, 6.45) is 3.50. The fourth-order valence-electron chi connectivity index (χ4n) is 3.78. The fourth-order valence-corrected chi connectivity index (χ4v) is 5.67. The van der Waals surface area contributed by atoms with Gasteiger partial charge >= 0.3 is 12.1 Å². The van der Waals surface area contributed by atoms with Gasteiger partial charge in [-0.1, -0.05) is 30.3 Å². The predicted octanol–water partition coefficient (Wildman–Crippen LogP) is 8.74. The van der Waals surface area contributed by atoms with Crippen LogP contribution in [0.4, 0.5) is 37.5 Å². The minimum Gasteiger partial charge on any atom is -0.331 e. The summed E-state index contributed by atoms with van der Waals surface area (Å²) in [6.45, 7) is 1.97. The Morgan fingerprint density at radius 2 is 1.60 bits per heavy atom. The highest BCUT2D eigenvalue weighted by Gasteiger charge is 2.26. The number of amides is 4. The van der Waals surface area contributed by atoms with E-state index in [-0.39, 0.29) is 0 Å². The molecule has 0 saturated carbocycles. The number of nitrogens with one attached hydrogen (secondary N) is 3. The van der Waals surface area contributed by atoms with Crippen LogP contribution in [0.1, 0.15) is 5.56 Å². The highest BCUT2D eigenvalue weighted by Crippen LogP contribution is 2.30. The molecule has 200 valence electrons. The van der Waals surface area contributed by atoms with Crippen molar-refractivity contribution >= 4 is 96.5 Å². The summed E-state index contributed by atoms with van der Waals surface area (Å²) in [5.41, 5.74) is 5.14. The molecule has 2 aromatic heterocycles. The van der Waals surface area contributed by atoms with Crippen LogP contribution in [0.15, 0.2) is 96.6 Å². The Labute approximate surface area is 262 Å². The first-order chi connectivity index (χ1) is 19.4. The number of nitrogens with zero attached hydrogens (tertiary/aromatic N) is 3. The van der Waals surface area contributed by atoms with Gasteiger partial charge in [-0.25, -0.2) is 19.5 Å². The lowest BCUT2D eigenvalue weighted by atomic mass is 10.2. The van der Waals surface area contributed by atoms with Gasteiger partial charge in [-0.3, -0.25) is 4.98 Å². The number of halogens is 2. The maximum atomic E-state index is 13.6. The summed E-state index contributed by atoms with van der Waals surface area (Å²) in [6, 6.07) is 22.8. The Morgan fingerprint density at radius 1 is 0.850 bits per heavy atom. The van der Waals surface area contributed by atoms with Crippen molar-refractivity contribution in [1.82, 2.24) is 9.97 Å². The van der Waals surface area contributed by atoms with E-state index in [0.717, 1.165) is 34.5 Å². The van der Waals surface area contributed by atoms with E-state index in [1.54, 1.807) is 36.7 Å². The SMILES string of the molecule is Cc1ccc(NC(=O)N(C(=O)Nc2ccccc2I)c2ccccc2I)cc1Nc1nc(-c2cccnc2)cs1. The summed E-state index contributed by atoms with van der Waals surface area (Å²) in [4.78, 5) is 37.0. The topological polar surface area (TPSA) is 99.2 Å². The zero-order chi connectivity index (χ0) is 28.1. The van der Waals surface area contributed by atoms with E-state index in [1.165, 1.54) is 11.3 Å². The van der Waals surface area contributed by atoms with E-state index >= 15 is 0 Å². The second-order valence-electron chi connectivity index (χ2n) is 8.56. The Hall–Kier alpha value is -3.56.